The van der Waals surface area contributed by atoms with E-state index in [9.17, 15) is 0 Å². The molecule has 0 aliphatic rings. The summed E-state index contributed by atoms with van der Waals surface area (Å²) in [6.07, 6.45) is 2.12. The second-order valence-corrected chi connectivity index (χ2v) is 4.30. The molecule has 0 bridgehead atoms. The summed E-state index contributed by atoms with van der Waals surface area (Å²) in [4.78, 5) is 6.60. The van der Waals surface area contributed by atoms with Gasteiger partial charge in [0, 0.05) is 19.7 Å². The second kappa shape index (κ2) is 7.06. The summed E-state index contributed by atoms with van der Waals surface area (Å²) in [5.74, 6) is 1.26. The molecule has 0 unspecified atom stereocenters. The predicted octanol–water partition coefficient (Wildman–Crippen LogP) is 1.89. The van der Waals surface area contributed by atoms with Crippen molar-refractivity contribution in [2.24, 2.45) is 0 Å². The highest BCUT2D eigenvalue weighted by Crippen LogP contribution is 2.22. The zero-order valence-electron chi connectivity index (χ0n) is 11.5. The number of pyridine rings is 1. The molecule has 0 radical (unpaired) electrons. The number of aromatic nitrogens is 1. The Balaban J connectivity index is 2.96. The minimum absolute atomic E-state index is 0.390. The van der Waals surface area contributed by atoms with Crippen molar-refractivity contribution in [1.29, 1.82) is 0 Å². The summed E-state index contributed by atoms with van der Waals surface area (Å²) in [5, 5.41) is 0. The maximum absolute atomic E-state index is 5.78. The molecule has 0 aliphatic heterocycles. The third kappa shape index (κ3) is 3.50. The first-order valence-corrected chi connectivity index (χ1v) is 6.41. The lowest BCUT2D eigenvalue weighted by Gasteiger charge is -2.31. The first-order valence-electron chi connectivity index (χ1n) is 6.41. The molecule has 102 valence electrons. The van der Waals surface area contributed by atoms with Gasteiger partial charge in [-0.25, -0.2) is 4.98 Å². The number of hydrogen-bond donors (Lipinski definition) is 2. The lowest BCUT2D eigenvalue weighted by molar-refractivity contribution is 0.202. The van der Waals surface area contributed by atoms with Crippen molar-refractivity contribution in [3.63, 3.8) is 0 Å². The van der Waals surface area contributed by atoms with Crippen LogP contribution in [0.3, 0.4) is 0 Å². The highest BCUT2D eigenvalue weighted by atomic mass is 16.5. The fourth-order valence-corrected chi connectivity index (χ4v) is 2.04. The average molecular weight is 252 g/mol. The van der Waals surface area contributed by atoms with E-state index in [1.165, 1.54) is 0 Å². The highest BCUT2D eigenvalue weighted by Gasteiger charge is 2.17. The molecule has 18 heavy (non-hydrogen) atoms. The van der Waals surface area contributed by atoms with E-state index in [4.69, 9.17) is 16.2 Å². The van der Waals surface area contributed by atoms with Crippen LogP contribution >= 0.6 is 0 Å². The number of methoxy groups -OCH3 is 1. The third-order valence-electron chi connectivity index (χ3n) is 3.16. The van der Waals surface area contributed by atoms with Crippen LogP contribution in [0.1, 0.15) is 26.7 Å². The van der Waals surface area contributed by atoms with Crippen LogP contribution in [0.15, 0.2) is 12.1 Å². The van der Waals surface area contributed by atoms with E-state index in [0.717, 1.165) is 25.2 Å². The van der Waals surface area contributed by atoms with Crippen LogP contribution in [0.2, 0.25) is 0 Å². The van der Waals surface area contributed by atoms with E-state index in [-0.39, 0.29) is 0 Å². The summed E-state index contributed by atoms with van der Waals surface area (Å²) in [6.45, 7) is 5.82. The number of nitrogens with two attached hydrogens (primary N) is 2. The summed E-state index contributed by atoms with van der Waals surface area (Å²) in [7, 11) is 1.70. The Morgan fingerprint density at radius 3 is 2.44 bits per heavy atom. The molecule has 1 heterocycles. The molecule has 1 aromatic heterocycles. The number of nitrogens with zero attached hydrogens (tertiary/aromatic N) is 2. The number of rotatable bonds is 7. The van der Waals surface area contributed by atoms with Gasteiger partial charge in [0.1, 0.15) is 11.6 Å². The van der Waals surface area contributed by atoms with Crippen molar-refractivity contribution in [2.45, 2.75) is 32.7 Å². The molecule has 0 saturated carbocycles. The van der Waals surface area contributed by atoms with Crippen molar-refractivity contribution >= 4 is 17.3 Å². The molecule has 1 rings (SSSR count). The van der Waals surface area contributed by atoms with E-state index in [2.05, 4.69) is 23.7 Å². The van der Waals surface area contributed by atoms with Crippen LogP contribution in [0.4, 0.5) is 17.3 Å². The molecular weight excluding hydrogens is 228 g/mol. The van der Waals surface area contributed by atoms with Crippen molar-refractivity contribution in [1.82, 2.24) is 4.98 Å². The summed E-state index contributed by atoms with van der Waals surface area (Å²) in [5.41, 5.74) is 12.0. The Morgan fingerprint density at radius 2 is 1.94 bits per heavy atom. The molecule has 1 aromatic rings. The Kier molecular flexibility index (Phi) is 5.71. The van der Waals surface area contributed by atoms with Gasteiger partial charge >= 0.3 is 0 Å². The van der Waals surface area contributed by atoms with Gasteiger partial charge in [0.05, 0.1) is 12.3 Å². The lowest BCUT2D eigenvalue weighted by atomic mass is 10.1. The first-order chi connectivity index (χ1) is 8.63. The molecule has 0 aliphatic carbocycles. The van der Waals surface area contributed by atoms with Gasteiger partial charge in [0.15, 0.2) is 0 Å². The van der Waals surface area contributed by atoms with Gasteiger partial charge in [0.2, 0.25) is 0 Å². The number of hydrogen-bond acceptors (Lipinski definition) is 5. The smallest absolute Gasteiger partial charge is 0.149 e. The maximum Gasteiger partial charge on any atom is 0.149 e. The van der Waals surface area contributed by atoms with E-state index in [1.807, 2.05) is 6.07 Å². The van der Waals surface area contributed by atoms with Crippen LogP contribution in [-0.4, -0.2) is 31.3 Å². The van der Waals surface area contributed by atoms with Gasteiger partial charge in [-0.15, -0.1) is 0 Å². The maximum atomic E-state index is 5.78. The lowest BCUT2D eigenvalue weighted by Crippen LogP contribution is -2.37. The number of ether oxygens (including phenoxy) is 1. The molecule has 0 spiro atoms. The minimum atomic E-state index is 0.390. The molecular formula is C13H24N4O. The van der Waals surface area contributed by atoms with E-state index < -0.39 is 0 Å². The van der Waals surface area contributed by atoms with Crippen LogP contribution in [0.5, 0.6) is 0 Å². The number of nitrogen functional groups attached to an aromatic ring is 2. The Bertz CT molecular complexity index is 366. The van der Waals surface area contributed by atoms with Gasteiger partial charge < -0.3 is 21.1 Å². The standard InChI is InChI=1S/C13H24N4O/c1-4-10(5-2)17(8-9-18-3)12-7-6-11(14)13(15)16-12/h6-7,10H,4-5,8-9,14H2,1-3H3,(H2,15,16). The zero-order valence-corrected chi connectivity index (χ0v) is 11.5. The zero-order chi connectivity index (χ0) is 13.5. The second-order valence-electron chi connectivity index (χ2n) is 4.30. The molecule has 0 atom stereocenters. The fraction of sp³-hybridized carbons (Fsp3) is 0.615. The fourth-order valence-electron chi connectivity index (χ4n) is 2.04. The van der Waals surface area contributed by atoms with Crippen molar-refractivity contribution in [2.75, 3.05) is 36.6 Å². The quantitative estimate of drug-likeness (QED) is 0.775. The molecule has 4 N–H and O–H groups in total. The predicted molar refractivity (Wildman–Crippen MR) is 76.7 cm³/mol. The Morgan fingerprint density at radius 1 is 1.28 bits per heavy atom. The monoisotopic (exact) mass is 252 g/mol. The van der Waals surface area contributed by atoms with Crippen molar-refractivity contribution in [3.8, 4) is 0 Å². The number of anilines is 3. The third-order valence-corrected chi connectivity index (χ3v) is 3.16. The molecule has 0 amide bonds. The van der Waals surface area contributed by atoms with Gasteiger partial charge in [-0.2, -0.15) is 0 Å². The van der Waals surface area contributed by atoms with Crippen molar-refractivity contribution in [3.05, 3.63) is 12.1 Å². The van der Waals surface area contributed by atoms with Crippen LogP contribution in [-0.2, 0) is 4.74 Å². The van der Waals surface area contributed by atoms with Crippen molar-refractivity contribution < 1.29 is 4.74 Å². The Hall–Kier alpha value is -1.49. The first kappa shape index (κ1) is 14.6. The summed E-state index contributed by atoms with van der Waals surface area (Å²) < 4.78 is 5.16. The minimum Gasteiger partial charge on any atom is -0.396 e. The van der Waals surface area contributed by atoms with Gasteiger partial charge in [-0.3, -0.25) is 0 Å². The van der Waals surface area contributed by atoms with E-state index >= 15 is 0 Å². The van der Waals surface area contributed by atoms with Gasteiger partial charge in [-0.1, -0.05) is 13.8 Å². The average Bonchev–Trinajstić information content (AvgIpc) is 2.38. The summed E-state index contributed by atoms with van der Waals surface area (Å²) >= 11 is 0. The van der Waals surface area contributed by atoms with Crippen LogP contribution in [0.25, 0.3) is 0 Å². The molecule has 0 saturated heterocycles. The van der Waals surface area contributed by atoms with Crippen LogP contribution < -0.4 is 16.4 Å². The van der Waals surface area contributed by atoms with E-state index in [0.29, 0.717) is 24.2 Å². The normalized spacial score (nSPS) is 10.9. The van der Waals surface area contributed by atoms with E-state index in [1.54, 1.807) is 13.2 Å². The largest absolute Gasteiger partial charge is 0.396 e. The van der Waals surface area contributed by atoms with Gasteiger partial charge in [0.25, 0.3) is 0 Å². The molecule has 5 heteroatoms. The Labute approximate surface area is 109 Å². The van der Waals surface area contributed by atoms with Crippen LogP contribution in [0, 0.1) is 0 Å². The highest BCUT2D eigenvalue weighted by molar-refractivity contribution is 5.62. The summed E-state index contributed by atoms with van der Waals surface area (Å²) in [6, 6.07) is 4.16. The topological polar surface area (TPSA) is 77.4 Å². The SMILES string of the molecule is CCC(CC)N(CCOC)c1ccc(N)c(N)n1. The van der Waals surface area contributed by atoms with Gasteiger partial charge in [-0.05, 0) is 25.0 Å². The molecule has 0 aromatic carbocycles. The molecule has 5 nitrogen and oxygen atoms in total. The molecule has 0 fully saturated rings.